The van der Waals surface area contributed by atoms with Crippen LogP contribution in [-0.2, 0) is 11.2 Å². The fourth-order valence-electron chi connectivity index (χ4n) is 4.53. The van der Waals surface area contributed by atoms with Crippen molar-refractivity contribution in [3.05, 3.63) is 89.7 Å². The Labute approximate surface area is 265 Å². The zero-order valence-electron chi connectivity index (χ0n) is 24.2. The molecule has 5 rings (SSSR count). The lowest BCUT2D eigenvalue weighted by Crippen LogP contribution is -2.31. The summed E-state index contributed by atoms with van der Waals surface area (Å²) in [6.07, 6.45) is -3.16. The quantitative estimate of drug-likeness (QED) is 0.189. The van der Waals surface area contributed by atoms with Crippen LogP contribution in [0.2, 0.25) is 0 Å². The minimum atomic E-state index is -4.77. The number of anilines is 1. The fourth-order valence-corrected chi connectivity index (χ4v) is 5.61. The number of benzene rings is 3. The highest BCUT2D eigenvalue weighted by atomic mass is 35.5. The van der Waals surface area contributed by atoms with Gasteiger partial charge in [0.15, 0.2) is 11.0 Å². The molecule has 1 aliphatic rings. The van der Waals surface area contributed by atoms with Crippen LogP contribution >= 0.6 is 23.4 Å². The maximum atomic E-state index is 12.8. The third-order valence-corrected chi connectivity index (χ3v) is 7.75. The van der Waals surface area contributed by atoms with E-state index in [-0.39, 0.29) is 40.1 Å². The van der Waals surface area contributed by atoms with Gasteiger partial charge in [0.2, 0.25) is 5.91 Å². The predicted octanol–water partition coefficient (Wildman–Crippen LogP) is 7.70. The van der Waals surface area contributed by atoms with Crippen molar-refractivity contribution in [3.8, 4) is 22.8 Å². The molecule has 0 bridgehead atoms. The summed E-state index contributed by atoms with van der Waals surface area (Å²) in [5.74, 6) is 0.212. The summed E-state index contributed by atoms with van der Waals surface area (Å²) >= 11 is 7.49. The van der Waals surface area contributed by atoms with E-state index in [1.165, 1.54) is 51.9 Å². The van der Waals surface area contributed by atoms with Crippen LogP contribution in [0.15, 0.2) is 83.0 Å². The first-order valence-electron chi connectivity index (χ1n) is 13.7. The van der Waals surface area contributed by atoms with Gasteiger partial charge in [0, 0.05) is 12.0 Å². The lowest BCUT2D eigenvalue weighted by Gasteiger charge is -2.22. The van der Waals surface area contributed by atoms with Crippen molar-refractivity contribution in [3.63, 3.8) is 0 Å². The number of amides is 3. The largest absolute Gasteiger partial charge is 0.573 e. The zero-order chi connectivity index (χ0) is 32.3. The highest BCUT2D eigenvalue weighted by molar-refractivity contribution is 8.15. The Hall–Kier alpha value is -4.49. The number of hydrogen-bond donors (Lipinski definition) is 0. The zero-order valence-corrected chi connectivity index (χ0v) is 25.8. The molecule has 1 fully saturated rings. The van der Waals surface area contributed by atoms with Gasteiger partial charge in [0.25, 0.3) is 0 Å². The number of hydrogen-bond acceptors (Lipinski definition) is 6. The number of aliphatic imine (C=N–C) groups is 2. The fraction of sp³-hybridized carbons (Fsp3) is 0.226. The second-order valence-corrected chi connectivity index (χ2v) is 11.7. The van der Waals surface area contributed by atoms with E-state index in [9.17, 15) is 22.8 Å². The number of rotatable bonds is 7. The van der Waals surface area contributed by atoms with Crippen LogP contribution in [0.3, 0.4) is 0 Å². The average molecular weight is 655 g/mol. The first kappa shape index (κ1) is 31.9. The number of carbonyl (C=O) groups excluding carboxylic acids is 2. The summed E-state index contributed by atoms with van der Waals surface area (Å²) in [5, 5.41) is 4.67. The van der Waals surface area contributed by atoms with Gasteiger partial charge in [0.1, 0.15) is 17.2 Å². The van der Waals surface area contributed by atoms with Gasteiger partial charge in [-0.25, -0.2) is 14.5 Å². The van der Waals surface area contributed by atoms with E-state index < -0.39 is 12.4 Å². The Bertz CT molecular complexity index is 1790. The van der Waals surface area contributed by atoms with E-state index in [1.54, 1.807) is 24.3 Å². The summed E-state index contributed by atoms with van der Waals surface area (Å²) in [5.41, 5.74) is 4.60. The smallest absolute Gasteiger partial charge is 0.406 e. The number of urea groups is 1. The number of halogens is 4. The van der Waals surface area contributed by atoms with E-state index in [0.717, 1.165) is 16.7 Å². The van der Waals surface area contributed by atoms with Gasteiger partial charge in [-0.1, -0.05) is 73.6 Å². The average Bonchev–Trinajstić information content (AvgIpc) is 3.60. The Balaban J connectivity index is 1.25. The summed E-state index contributed by atoms with van der Waals surface area (Å²) in [7, 11) is 0. The van der Waals surface area contributed by atoms with Crippen molar-refractivity contribution < 1.29 is 27.5 Å². The minimum Gasteiger partial charge on any atom is -0.406 e. The van der Waals surface area contributed by atoms with E-state index in [1.807, 2.05) is 39.0 Å². The van der Waals surface area contributed by atoms with Crippen LogP contribution < -0.4 is 9.64 Å². The molecule has 14 heteroatoms. The van der Waals surface area contributed by atoms with Gasteiger partial charge < -0.3 is 4.74 Å². The monoisotopic (exact) mass is 654 g/mol. The second-order valence-electron chi connectivity index (χ2n) is 10.3. The molecule has 0 atom stereocenters. The molecule has 0 radical (unpaired) electrons. The number of aryl methyl sites for hydroxylation is 1. The molecule has 2 heterocycles. The van der Waals surface area contributed by atoms with E-state index in [2.05, 4.69) is 24.8 Å². The maximum absolute atomic E-state index is 12.8. The lowest BCUT2D eigenvalue weighted by atomic mass is 9.99. The molecule has 1 aromatic heterocycles. The number of aromatic nitrogens is 3. The van der Waals surface area contributed by atoms with Crippen LogP contribution in [-0.4, -0.2) is 49.2 Å². The standard InChI is InChI=1S/C31H26ClF3N6O3S/c1-18(2)24-13-4-19(3)14-25(24)41-27(42)16-45-30(41)38-29(43)37-26(32)15-20-5-7-21(8-6-20)28-36-17-40(39-28)22-9-11-23(12-10-22)44-31(33,34)35/h4-14,17-18H,15-16H2,1-3H3. The van der Waals surface area contributed by atoms with Crippen molar-refractivity contribution >= 4 is 51.3 Å². The molecule has 3 amide bonds. The van der Waals surface area contributed by atoms with Crippen LogP contribution in [0.1, 0.15) is 36.5 Å². The molecule has 0 N–H and O–H groups in total. The molecule has 45 heavy (non-hydrogen) atoms. The van der Waals surface area contributed by atoms with Crippen molar-refractivity contribution in [1.82, 2.24) is 14.8 Å². The topological polar surface area (TPSA) is 102 Å². The highest BCUT2D eigenvalue weighted by Crippen LogP contribution is 2.34. The number of nitrogens with zero attached hydrogens (tertiary/aromatic N) is 6. The third kappa shape index (κ3) is 7.97. The van der Waals surface area contributed by atoms with Gasteiger partial charge in [-0.15, -0.1) is 18.3 Å². The minimum absolute atomic E-state index is 0.0248. The number of alkyl halides is 3. The van der Waals surface area contributed by atoms with Gasteiger partial charge in [-0.2, -0.15) is 9.98 Å². The van der Waals surface area contributed by atoms with Crippen LogP contribution in [0.5, 0.6) is 5.75 Å². The van der Waals surface area contributed by atoms with Crippen LogP contribution in [0.4, 0.5) is 23.7 Å². The molecule has 1 aliphatic heterocycles. The maximum Gasteiger partial charge on any atom is 0.573 e. The Morgan fingerprint density at radius 3 is 2.47 bits per heavy atom. The predicted molar refractivity (Wildman–Crippen MR) is 169 cm³/mol. The van der Waals surface area contributed by atoms with Gasteiger partial charge in [-0.3, -0.25) is 9.69 Å². The first-order valence-corrected chi connectivity index (χ1v) is 15.0. The molecule has 0 aliphatic carbocycles. The molecular formula is C31H26ClF3N6O3S. The summed E-state index contributed by atoms with van der Waals surface area (Å²) in [6.45, 7) is 6.00. The number of thioether (sulfide) groups is 1. The first-order chi connectivity index (χ1) is 21.4. The Kier molecular flexibility index (Phi) is 9.40. The van der Waals surface area contributed by atoms with Gasteiger partial charge in [0.05, 0.1) is 17.1 Å². The normalized spacial score (nSPS) is 14.9. The molecule has 3 aromatic carbocycles. The Morgan fingerprint density at radius 2 is 1.80 bits per heavy atom. The molecule has 0 spiro atoms. The van der Waals surface area contributed by atoms with Gasteiger partial charge >= 0.3 is 12.4 Å². The number of ether oxygens (including phenoxy) is 1. The lowest BCUT2D eigenvalue weighted by molar-refractivity contribution is -0.274. The number of carbonyl (C=O) groups is 2. The Morgan fingerprint density at radius 1 is 1.09 bits per heavy atom. The van der Waals surface area contributed by atoms with E-state index >= 15 is 0 Å². The van der Waals surface area contributed by atoms with Crippen molar-refractivity contribution in [2.45, 2.75) is 39.5 Å². The number of amidine groups is 1. The van der Waals surface area contributed by atoms with Crippen LogP contribution in [0.25, 0.3) is 17.1 Å². The second kappa shape index (κ2) is 13.2. The van der Waals surface area contributed by atoms with Crippen molar-refractivity contribution in [2.24, 2.45) is 9.98 Å². The highest BCUT2D eigenvalue weighted by Gasteiger charge is 2.33. The molecule has 1 saturated heterocycles. The van der Waals surface area contributed by atoms with E-state index in [4.69, 9.17) is 11.6 Å². The molecule has 9 nitrogen and oxygen atoms in total. The summed E-state index contributed by atoms with van der Waals surface area (Å²) in [6, 6.07) is 17.4. The third-order valence-electron chi connectivity index (χ3n) is 6.61. The molecule has 0 unspecified atom stereocenters. The van der Waals surface area contributed by atoms with Crippen molar-refractivity contribution in [1.29, 1.82) is 0 Å². The molecule has 0 saturated carbocycles. The van der Waals surface area contributed by atoms with E-state index in [0.29, 0.717) is 22.8 Å². The molecular weight excluding hydrogens is 629 g/mol. The summed E-state index contributed by atoms with van der Waals surface area (Å²) in [4.78, 5) is 39.3. The van der Waals surface area contributed by atoms with Crippen LogP contribution in [0, 0.1) is 6.92 Å². The van der Waals surface area contributed by atoms with Gasteiger partial charge in [-0.05, 0) is 59.9 Å². The molecule has 4 aromatic rings. The van der Waals surface area contributed by atoms with Crippen molar-refractivity contribution in [2.75, 3.05) is 10.7 Å². The molecule has 232 valence electrons. The SMILES string of the molecule is Cc1ccc(C(C)C)c(N2C(=O)CSC2=NC(=O)N=C(Cl)Cc2ccc(-c3ncn(-c4ccc(OC(F)(F)F)cc4)n3)cc2)c1. The summed E-state index contributed by atoms with van der Waals surface area (Å²) < 4.78 is 42.5.